The molecule has 0 aromatic heterocycles. The monoisotopic (exact) mass is 583 g/mol. The molecule has 1 amide bonds. The number of likely N-dealkylation sites (tertiary alicyclic amines) is 1. The third-order valence-electron chi connectivity index (χ3n) is 8.35. The van der Waals surface area contributed by atoms with E-state index in [2.05, 4.69) is 9.80 Å². The van der Waals surface area contributed by atoms with Crippen LogP contribution in [0.25, 0.3) is 0 Å². The highest BCUT2D eigenvalue weighted by Gasteiger charge is 2.39. The summed E-state index contributed by atoms with van der Waals surface area (Å²) < 4.78 is 81.0. The minimum Gasteiger partial charge on any atom is -0.333 e. The van der Waals surface area contributed by atoms with E-state index in [1.165, 1.54) is 30.6 Å². The smallest absolute Gasteiger partial charge is 0.333 e. The molecule has 2 saturated heterocycles. The lowest BCUT2D eigenvalue weighted by atomic mass is 9.97. The molecule has 0 N–H and O–H groups in total. The van der Waals surface area contributed by atoms with Gasteiger partial charge in [0.05, 0.1) is 11.1 Å². The molecule has 0 spiro atoms. The number of amides is 1. The summed E-state index contributed by atoms with van der Waals surface area (Å²) in [5.74, 6) is -0.806. The molecule has 2 fully saturated rings. The first-order valence-electron chi connectivity index (χ1n) is 14.4. The summed E-state index contributed by atoms with van der Waals surface area (Å²) in [4.78, 5) is 19.8. The van der Waals surface area contributed by atoms with Crippen LogP contribution in [-0.4, -0.2) is 72.5 Å². The maximum Gasteiger partial charge on any atom is 0.416 e. The Morgan fingerprint density at radius 2 is 1.37 bits per heavy atom. The molecule has 2 aromatic carbocycles. The molecule has 0 saturated carbocycles. The lowest BCUT2D eigenvalue weighted by Crippen LogP contribution is -2.56. The predicted octanol–water partition coefficient (Wildman–Crippen LogP) is 6.98. The molecule has 2 heterocycles. The minimum absolute atomic E-state index is 0.0611. The Labute approximate surface area is 238 Å². The SMILES string of the molecule is Cc1ccc(C[C@@H]2CN(CCCN3CCCCCC3)CCN2C(=O)c2cc(C(F)(F)F)cc(C(F)(F)F)c2)cc1C. The van der Waals surface area contributed by atoms with Crippen LogP contribution in [0.3, 0.4) is 0 Å². The predicted molar refractivity (Wildman–Crippen MR) is 147 cm³/mol. The van der Waals surface area contributed by atoms with E-state index in [1.807, 2.05) is 32.0 Å². The van der Waals surface area contributed by atoms with Crippen molar-refractivity contribution in [1.82, 2.24) is 14.7 Å². The minimum atomic E-state index is -5.01. The highest BCUT2D eigenvalue weighted by atomic mass is 19.4. The second-order valence-corrected chi connectivity index (χ2v) is 11.5. The molecule has 0 bridgehead atoms. The first-order chi connectivity index (χ1) is 19.3. The Balaban J connectivity index is 1.55. The van der Waals surface area contributed by atoms with Gasteiger partial charge < -0.3 is 9.80 Å². The summed E-state index contributed by atoms with van der Waals surface area (Å²) in [6.45, 7) is 9.25. The van der Waals surface area contributed by atoms with E-state index in [9.17, 15) is 31.1 Å². The van der Waals surface area contributed by atoms with Gasteiger partial charge in [-0.15, -0.1) is 0 Å². The van der Waals surface area contributed by atoms with E-state index in [0.29, 0.717) is 31.6 Å². The van der Waals surface area contributed by atoms with Crippen molar-refractivity contribution in [2.75, 3.05) is 45.8 Å². The van der Waals surface area contributed by atoms with Crippen LogP contribution in [-0.2, 0) is 18.8 Å². The van der Waals surface area contributed by atoms with Gasteiger partial charge in [0.1, 0.15) is 0 Å². The van der Waals surface area contributed by atoms with Gasteiger partial charge in [0, 0.05) is 31.2 Å². The Bertz CT molecular complexity index is 1160. The maximum absolute atomic E-state index is 13.6. The van der Waals surface area contributed by atoms with E-state index >= 15 is 0 Å². The topological polar surface area (TPSA) is 26.8 Å². The molecule has 0 unspecified atom stereocenters. The van der Waals surface area contributed by atoms with Gasteiger partial charge in [-0.2, -0.15) is 26.3 Å². The number of alkyl halides is 6. The van der Waals surface area contributed by atoms with Gasteiger partial charge in [-0.3, -0.25) is 9.69 Å². The zero-order valence-electron chi connectivity index (χ0n) is 23.8. The standard InChI is InChI=1S/C31H39F6N3O/c1-22-8-9-24(16-23(22)2)17-28-21-39(13-7-12-38-10-5-3-4-6-11-38)14-15-40(28)29(41)25-18-26(30(32,33)34)20-27(19-25)31(35,36)37/h8-9,16,18-20,28H,3-7,10-15,17,21H2,1-2H3/t28-/m1/s1. The van der Waals surface area contributed by atoms with Crippen LogP contribution >= 0.6 is 0 Å². The molecule has 0 radical (unpaired) electrons. The zero-order chi connectivity index (χ0) is 29.8. The number of piperazine rings is 1. The van der Waals surface area contributed by atoms with Crippen LogP contribution in [0.2, 0.25) is 0 Å². The number of nitrogens with zero attached hydrogens (tertiary/aromatic N) is 3. The molecule has 4 rings (SSSR count). The largest absolute Gasteiger partial charge is 0.416 e. The van der Waals surface area contributed by atoms with E-state index in [4.69, 9.17) is 0 Å². The maximum atomic E-state index is 13.6. The number of carbonyl (C=O) groups excluding carboxylic acids is 1. The van der Waals surface area contributed by atoms with Crippen molar-refractivity contribution >= 4 is 5.91 Å². The molecule has 41 heavy (non-hydrogen) atoms. The van der Waals surface area contributed by atoms with Crippen LogP contribution in [0.1, 0.15) is 70.3 Å². The average Bonchev–Trinajstić information content (AvgIpc) is 3.18. The lowest BCUT2D eigenvalue weighted by Gasteiger charge is -2.42. The first kappa shape index (κ1) is 31.3. The van der Waals surface area contributed by atoms with Crippen molar-refractivity contribution in [2.45, 2.75) is 70.8 Å². The number of hydrogen-bond acceptors (Lipinski definition) is 3. The fourth-order valence-electron chi connectivity index (χ4n) is 5.89. The molecule has 2 aliphatic rings. The quantitative estimate of drug-likeness (QED) is 0.329. The summed E-state index contributed by atoms with van der Waals surface area (Å²) in [7, 11) is 0. The number of benzene rings is 2. The molecule has 10 heteroatoms. The first-order valence-corrected chi connectivity index (χ1v) is 14.4. The Hall–Kier alpha value is -2.59. The van der Waals surface area contributed by atoms with Crippen molar-refractivity contribution in [1.29, 1.82) is 0 Å². The van der Waals surface area contributed by atoms with Crippen molar-refractivity contribution in [3.05, 3.63) is 69.8 Å². The number of aryl methyl sites for hydroxylation is 2. The molecule has 4 nitrogen and oxygen atoms in total. The van der Waals surface area contributed by atoms with E-state index < -0.39 is 35.0 Å². The Morgan fingerprint density at radius 3 is 1.95 bits per heavy atom. The van der Waals surface area contributed by atoms with Crippen molar-refractivity contribution in [3.63, 3.8) is 0 Å². The molecule has 1 atom stereocenters. The van der Waals surface area contributed by atoms with Crippen LogP contribution in [0.15, 0.2) is 36.4 Å². The molecule has 2 aromatic rings. The highest BCUT2D eigenvalue weighted by Crippen LogP contribution is 2.37. The number of halogens is 6. The van der Waals surface area contributed by atoms with Crippen molar-refractivity contribution < 1.29 is 31.1 Å². The molecular weight excluding hydrogens is 544 g/mol. The fourth-order valence-corrected chi connectivity index (χ4v) is 5.89. The number of carbonyl (C=O) groups is 1. The fraction of sp³-hybridized carbons (Fsp3) is 0.581. The second-order valence-electron chi connectivity index (χ2n) is 11.5. The molecule has 0 aliphatic carbocycles. The van der Waals surface area contributed by atoms with Gasteiger partial charge in [0.15, 0.2) is 0 Å². The number of rotatable bonds is 7. The normalized spacial score (nSPS) is 19.8. The summed E-state index contributed by atoms with van der Waals surface area (Å²) in [6.07, 6.45) is -3.64. The summed E-state index contributed by atoms with van der Waals surface area (Å²) in [6, 6.07) is 6.74. The Kier molecular flexibility index (Phi) is 10.1. The van der Waals surface area contributed by atoms with E-state index in [0.717, 1.165) is 49.3 Å². The Morgan fingerprint density at radius 1 is 0.756 bits per heavy atom. The van der Waals surface area contributed by atoms with Gasteiger partial charge in [0.2, 0.25) is 0 Å². The van der Waals surface area contributed by atoms with Gasteiger partial charge in [-0.05, 0) is 101 Å². The molecule has 2 aliphatic heterocycles. The zero-order valence-corrected chi connectivity index (χ0v) is 23.8. The van der Waals surface area contributed by atoms with Crippen LogP contribution in [0.4, 0.5) is 26.3 Å². The average molecular weight is 584 g/mol. The van der Waals surface area contributed by atoms with Crippen molar-refractivity contribution in [2.24, 2.45) is 0 Å². The van der Waals surface area contributed by atoms with Crippen LogP contribution in [0, 0.1) is 13.8 Å². The molecular formula is C31H39F6N3O. The summed E-state index contributed by atoms with van der Waals surface area (Å²) >= 11 is 0. The van der Waals surface area contributed by atoms with Crippen LogP contribution < -0.4 is 0 Å². The summed E-state index contributed by atoms with van der Waals surface area (Å²) in [5, 5.41) is 0. The van der Waals surface area contributed by atoms with E-state index in [1.54, 1.807) is 0 Å². The summed E-state index contributed by atoms with van der Waals surface area (Å²) in [5.41, 5.74) is -0.376. The van der Waals surface area contributed by atoms with Gasteiger partial charge >= 0.3 is 12.4 Å². The van der Waals surface area contributed by atoms with Gasteiger partial charge in [-0.25, -0.2) is 0 Å². The van der Waals surface area contributed by atoms with E-state index in [-0.39, 0.29) is 18.7 Å². The second kappa shape index (κ2) is 13.2. The third kappa shape index (κ3) is 8.47. The van der Waals surface area contributed by atoms with Crippen LogP contribution in [0.5, 0.6) is 0 Å². The third-order valence-corrected chi connectivity index (χ3v) is 8.35. The van der Waals surface area contributed by atoms with Crippen molar-refractivity contribution in [3.8, 4) is 0 Å². The van der Waals surface area contributed by atoms with Gasteiger partial charge in [0.25, 0.3) is 5.91 Å². The number of hydrogen-bond donors (Lipinski definition) is 0. The van der Waals surface area contributed by atoms with Gasteiger partial charge in [-0.1, -0.05) is 31.0 Å². The highest BCUT2D eigenvalue weighted by molar-refractivity contribution is 5.95. The molecule has 226 valence electrons. The lowest BCUT2D eigenvalue weighted by molar-refractivity contribution is -0.143.